The molecule has 2 saturated heterocycles. The van der Waals surface area contributed by atoms with Crippen molar-refractivity contribution in [1.29, 1.82) is 0 Å². The van der Waals surface area contributed by atoms with Crippen LogP contribution in [-0.2, 0) is 19.4 Å². The fourth-order valence-corrected chi connectivity index (χ4v) is 4.09. The molecule has 0 saturated carbocycles. The topological polar surface area (TPSA) is 60.4 Å². The third-order valence-electron chi connectivity index (χ3n) is 3.26. The van der Waals surface area contributed by atoms with Crippen molar-refractivity contribution in [3.63, 3.8) is 0 Å². The molecule has 0 aromatic carbocycles. The number of sulfone groups is 1. The highest BCUT2D eigenvalue weighted by molar-refractivity contribution is 7.91. The second-order valence-electron chi connectivity index (χ2n) is 4.39. The Bertz CT molecular complexity index is 340. The molecule has 2 aliphatic heterocycles. The van der Waals surface area contributed by atoms with Gasteiger partial charge in [-0.05, 0) is 19.3 Å². The van der Waals surface area contributed by atoms with Gasteiger partial charge in [0.05, 0.1) is 11.5 Å². The smallest absolute Gasteiger partial charge is 0.151 e. The molecule has 0 aliphatic carbocycles. The monoisotopic (exact) mass is 232 g/mol. The third kappa shape index (κ3) is 2.58. The van der Waals surface area contributed by atoms with Gasteiger partial charge in [-0.15, -0.1) is 0 Å². The highest BCUT2D eigenvalue weighted by Gasteiger charge is 2.36. The number of ether oxygens (including phenoxy) is 1. The van der Waals surface area contributed by atoms with E-state index < -0.39 is 9.84 Å². The van der Waals surface area contributed by atoms with Crippen LogP contribution in [0.2, 0.25) is 0 Å². The average molecular weight is 232 g/mol. The molecular formula is C10H16O4S. The number of ketones is 1. The lowest BCUT2D eigenvalue weighted by Crippen LogP contribution is -2.29. The lowest BCUT2D eigenvalue weighted by atomic mass is 9.87. The molecule has 2 fully saturated rings. The fraction of sp³-hybridized carbons (Fsp3) is 0.900. The Morgan fingerprint density at radius 3 is 2.27 bits per heavy atom. The summed E-state index contributed by atoms with van der Waals surface area (Å²) in [6.45, 7) is 1.27. The molecule has 0 bridgehead atoms. The van der Waals surface area contributed by atoms with E-state index >= 15 is 0 Å². The summed E-state index contributed by atoms with van der Waals surface area (Å²) in [4.78, 5) is 12.0. The maximum atomic E-state index is 12.0. The van der Waals surface area contributed by atoms with E-state index in [1.165, 1.54) is 0 Å². The fourth-order valence-electron chi connectivity index (χ4n) is 2.33. The Hall–Kier alpha value is -0.420. The molecule has 2 rings (SSSR count). The molecule has 2 heterocycles. The summed E-state index contributed by atoms with van der Waals surface area (Å²) in [6, 6.07) is 0. The minimum Gasteiger partial charge on any atom is -0.381 e. The molecule has 0 radical (unpaired) electrons. The van der Waals surface area contributed by atoms with Crippen LogP contribution >= 0.6 is 0 Å². The van der Waals surface area contributed by atoms with Crippen LogP contribution in [0, 0.1) is 11.8 Å². The molecule has 4 nitrogen and oxygen atoms in total. The minimum absolute atomic E-state index is 0.0389. The van der Waals surface area contributed by atoms with E-state index in [1.807, 2.05) is 0 Å². The number of carbonyl (C=O) groups excluding carboxylic acids is 1. The van der Waals surface area contributed by atoms with Crippen LogP contribution in [0.4, 0.5) is 0 Å². The largest absolute Gasteiger partial charge is 0.381 e. The van der Waals surface area contributed by atoms with Crippen molar-refractivity contribution < 1.29 is 17.9 Å². The zero-order valence-corrected chi connectivity index (χ0v) is 9.46. The van der Waals surface area contributed by atoms with Crippen molar-refractivity contribution in [2.24, 2.45) is 11.8 Å². The summed E-state index contributed by atoms with van der Waals surface area (Å²) >= 11 is 0. The highest BCUT2D eigenvalue weighted by Crippen LogP contribution is 2.26. The number of Topliss-reactive ketones (excluding diaryl/α,β-unsaturated/α-hetero) is 1. The molecular weight excluding hydrogens is 216 g/mol. The van der Waals surface area contributed by atoms with Crippen LogP contribution in [0.3, 0.4) is 0 Å². The molecule has 86 valence electrons. The van der Waals surface area contributed by atoms with Gasteiger partial charge in [-0.3, -0.25) is 4.79 Å². The first-order valence-electron chi connectivity index (χ1n) is 5.40. The van der Waals surface area contributed by atoms with E-state index in [0.717, 1.165) is 12.8 Å². The van der Waals surface area contributed by atoms with Gasteiger partial charge < -0.3 is 4.74 Å². The van der Waals surface area contributed by atoms with E-state index in [-0.39, 0.29) is 29.1 Å². The summed E-state index contributed by atoms with van der Waals surface area (Å²) in [5.74, 6) is 0.213. The van der Waals surface area contributed by atoms with Gasteiger partial charge in [0.25, 0.3) is 0 Å². The molecule has 1 atom stereocenters. The van der Waals surface area contributed by atoms with Crippen molar-refractivity contribution in [2.45, 2.75) is 19.3 Å². The van der Waals surface area contributed by atoms with E-state index in [4.69, 9.17) is 4.74 Å². The van der Waals surface area contributed by atoms with Gasteiger partial charge in [-0.2, -0.15) is 0 Å². The molecule has 1 unspecified atom stereocenters. The Kier molecular flexibility index (Phi) is 3.11. The van der Waals surface area contributed by atoms with E-state index in [9.17, 15) is 13.2 Å². The maximum Gasteiger partial charge on any atom is 0.151 e. The van der Waals surface area contributed by atoms with Crippen molar-refractivity contribution in [3.8, 4) is 0 Å². The van der Waals surface area contributed by atoms with Crippen molar-refractivity contribution >= 4 is 15.6 Å². The van der Waals surface area contributed by atoms with Crippen LogP contribution in [0.5, 0.6) is 0 Å². The normalized spacial score (nSPS) is 31.6. The van der Waals surface area contributed by atoms with E-state index in [1.54, 1.807) is 0 Å². The summed E-state index contributed by atoms with van der Waals surface area (Å²) in [5.41, 5.74) is 0. The maximum absolute atomic E-state index is 12.0. The Morgan fingerprint density at radius 1 is 1.07 bits per heavy atom. The van der Waals surface area contributed by atoms with Crippen molar-refractivity contribution in [1.82, 2.24) is 0 Å². The van der Waals surface area contributed by atoms with Gasteiger partial charge in [-0.25, -0.2) is 8.42 Å². The quantitative estimate of drug-likeness (QED) is 0.692. The Labute approximate surface area is 89.9 Å². The number of hydrogen-bond acceptors (Lipinski definition) is 4. The summed E-state index contributed by atoms with van der Waals surface area (Å²) < 4.78 is 27.7. The van der Waals surface area contributed by atoms with Crippen LogP contribution in [0.15, 0.2) is 0 Å². The third-order valence-corrected chi connectivity index (χ3v) is 5.03. The first-order valence-corrected chi connectivity index (χ1v) is 7.22. The Balaban J connectivity index is 1.96. The van der Waals surface area contributed by atoms with Gasteiger partial charge in [0.2, 0.25) is 0 Å². The summed E-state index contributed by atoms with van der Waals surface area (Å²) in [5, 5.41) is 0. The standard InChI is InChI=1S/C10H16O4S/c11-10(8-1-4-14-5-2-8)9-3-6-15(12,13)7-9/h8-9H,1-7H2. The average Bonchev–Trinajstić information content (AvgIpc) is 2.59. The van der Waals surface area contributed by atoms with Gasteiger partial charge in [0, 0.05) is 25.0 Å². The lowest BCUT2D eigenvalue weighted by Gasteiger charge is -2.22. The van der Waals surface area contributed by atoms with Crippen molar-refractivity contribution in [2.75, 3.05) is 24.7 Å². The molecule has 0 spiro atoms. The van der Waals surface area contributed by atoms with Crippen LogP contribution < -0.4 is 0 Å². The zero-order valence-electron chi connectivity index (χ0n) is 8.65. The molecule has 0 aromatic rings. The molecule has 15 heavy (non-hydrogen) atoms. The second kappa shape index (κ2) is 4.22. The molecule has 2 aliphatic rings. The second-order valence-corrected chi connectivity index (χ2v) is 6.62. The van der Waals surface area contributed by atoms with Crippen LogP contribution in [0.1, 0.15) is 19.3 Å². The number of rotatable bonds is 2. The predicted octanol–water partition coefficient (Wildman–Crippen LogP) is 0.417. The Morgan fingerprint density at radius 2 is 1.73 bits per heavy atom. The SMILES string of the molecule is O=C(C1CCOCC1)C1CCS(=O)(=O)C1. The van der Waals surface area contributed by atoms with E-state index in [2.05, 4.69) is 0 Å². The van der Waals surface area contributed by atoms with Crippen LogP contribution in [-0.4, -0.2) is 38.9 Å². The van der Waals surface area contributed by atoms with Gasteiger partial charge >= 0.3 is 0 Å². The molecule has 0 N–H and O–H groups in total. The minimum atomic E-state index is -2.93. The summed E-state index contributed by atoms with van der Waals surface area (Å²) in [7, 11) is -2.93. The zero-order chi connectivity index (χ0) is 10.9. The molecule has 0 aromatic heterocycles. The highest BCUT2D eigenvalue weighted by atomic mass is 32.2. The molecule has 0 amide bonds. The number of carbonyl (C=O) groups is 1. The first kappa shape index (κ1) is 11.1. The van der Waals surface area contributed by atoms with E-state index in [0.29, 0.717) is 19.6 Å². The van der Waals surface area contributed by atoms with Crippen LogP contribution in [0.25, 0.3) is 0 Å². The molecule has 5 heteroatoms. The van der Waals surface area contributed by atoms with Gasteiger partial charge in [-0.1, -0.05) is 0 Å². The predicted molar refractivity (Wildman–Crippen MR) is 55.3 cm³/mol. The van der Waals surface area contributed by atoms with Gasteiger partial charge in [0.1, 0.15) is 5.78 Å². The number of hydrogen-bond donors (Lipinski definition) is 0. The van der Waals surface area contributed by atoms with Gasteiger partial charge in [0.15, 0.2) is 9.84 Å². The summed E-state index contributed by atoms with van der Waals surface area (Å²) in [6.07, 6.45) is 2.04. The first-order chi connectivity index (χ1) is 7.08. The van der Waals surface area contributed by atoms with Crippen molar-refractivity contribution in [3.05, 3.63) is 0 Å². The lowest BCUT2D eigenvalue weighted by molar-refractivity contribution is -0.128.